The number of benzene rings is 3. The first-order chi connectivity index (χ1) is 25.5. The van der Waals surface area contributed by atoms with Crippen molar-refractivity contribution in [2.24, 2.45) is 7.05 Å². The Bertz CT molecular complexity index is 2740. The first-order valence-electron chi connectivity index (χ1n) is 17.4. The lowest BCUT2D eigenvalue weighted by Gasteiger charge is -2.15. The Labute approximate surface area is 304 Å². The lowest BCUT2D eigenvalue weighted by Crippen LogP contribution is -2.33. The lowest BCUT2D eigenvalue weighted by molar-refractivity contribution is 0.112. The van der Waals surface area contributed by atoms with Gasteiger partial charge in [-0.25, -0.2) is 27.0 Å². The van der Waals surface area contributed by atoms with Crippen LogP contribution in [0.3, 0.4) is 0 Å². The van der Waals surface area contributed by atoms with E-state index in [9.17, 15) is 22.8 Å². The summed E-state index contributed by atoms with van der Waals surface area (Å²) in [5.41, 5.74) is 4.37. The molecule has 3 aromatic carbocycles. The van der Waals surface area contributed by atoms with Crippen LogP contribution in [-0.2, 0) is 21.8 Å². The summed E-state index contributed by atoms with van der Waals surface area (Å²) in [4.78, 5) is 43.0. The van der Waals surface area contributed by atoms with Crippen LogP contribution in [0.25, 0.3) is 55.4 Å². The number of hydrogen-bond acceptors (Lipinski definition) is 8. The Morgan fingerprint density at radius 2 is 1.72 bits per heavy atom. The molecule has 13 nitrogen and oxygen atoms in total. The molecule has 0 saturated heterocycles. The first kappa shape index (κ1) is 34.1. The van der Waals surface area contributed by atoms with E-state index in [-0.39, 0.29) is 34.4 Å². The molecule has 1 fully saturated rings. The number of carbonyl (C=O) groups excluding carboxylic acids is 2. The van der Waals surface area contributed by atoms with Crippen LogP contribution in [0.5, 0.6) is 0 Å². The highest BCUT2D eigenvalue weighted by molar-refractivity contribution is 7.90. The van der Waals surface area contributed by atoms with Crippen molar-refractivity contribution in [1.29, 1.82) is 0 Å². The number of nitrogens with one attached hydrogen (secondary N) is 1. The zero-order valence-electron chi connectivity index (χ0n) is 29.6. The van der Waals surface area contributed by atoms with Gasteiger partial charge in [-0.2, -0.15) is 5.10 Å². The fourth-order valence-corrected chi connectivity index (χ4v) is 9.26. The minimum absolute atomic E-state index is 0.0581. The monoisotopic (exact) mass is 731 g/mol. The van der Waals surface area contributed by atoms with Gasteiger partial charge in [-0.1, -0.05) is 48.5 Å². The molecule has 0 unspecified atom stereocenters. The second-order valence-corrected chi connectivity index (χ2v) is 15.5. The lowest BCUT2D eigenvalue weighted by atomic mass is 9.97. The minimum atomic E-state index is -4.31. The van der Waals surface area contributed by atoms with Gasteiger partial charge in [0.15, 0.2) is 5.65 Å². The van der Waals surface area contributed by atoms with E-state index in [1.807, 2.05) is 22.9 Å². The highest BCUT2D eigenvalue weighted by Crippen LogP contribution is 2.46. The number of carbonyl (C=O) groups is 2. The molecule has 0 aliphatic heterocycles. The normalized spacial score (nSPS) is 16.2. The summed E-state index contributed by atoms with van der Waals surface area (Å²) in [6, 6.07) is 20.4. The van der Waals surface area contributed by atoms with E-state index >= 15 is 0 Å². The summed E-state index contributed by atoms with van der Waals surface area (Å²) in [6.45, 7) is 4.10. The molecule has 1 amide bonds. The third-order valence-corrected chi connectivity index (χ3v) is 11.9. The van der Waals surface area contributed by atoms with Crippen molar-refractivity contribution in [3.05, 3.63) is 101 Å². The quantitative estimate of drug-likeness (QED) is 0.175. The van der Waals surface area contributed by atoms with Crippen LogP contribution in [0.4, 0.5) is 4.79 Å². The SMILES string of the molecule is COC(=O)N[C@@H]1CC[C@@H](n2c(=O)n(C)c3cnc4c(c(-c5ccc6c(cnn6C(C)C)c5)c(-c5ccc(C=O)cc5)n4S(=O)(=O)c4ccccc4)c32)C1. The van der Waals surface area contributed by atoms with Gasteiger partial charge in [0.2, 0.25) is 0 Å². The van der Waals surface area contributed by atoms with Crippen LogP contribution < -0.4 is 11.0 Å². The topological polar surface area (TPSA) is 152 Å². The Morgan fingerprint density at radius 3 is 2.42 bits per heavy atom. The molecule has 4 heterocycles. The molecule has 1 saturated carbocycles. The maximum atomic E-state index is 15.0. The molecule has 4 aromatic heterocycles. The van der Waals surface area contributed by atoms with Crippen LogP contribution >= 0.6 is 0 Å². The number of fused-ring (bicyclic) bond motifs is 4. The highest BCUT2D eigenvalue weighted by atomic mass is 32.2. The second-order valence-electron chi connectivity index (χ2n) is 13.7. The number of imidazole rings is 1. The number of methoxy groups -OCH3 is 1. The Kier molecular flexibility index (Phi) is 8.28. The molecule has 2 atom stereocenters. The number of hydrogen-bond donors (Lipinski definition) is 1. The van der Waals surface area contributed by atoms with Crippen LogP contribution in [0, 0.1) is 0 Å². The third-order valence-electron chi connectivity index (χ3n) is 10.2. The number of nitrogens with zero attached hydrogens (tertiary/aromatic N) is 6. The van der Waals surface area contributed by atoms with Gasteiger partial charge in [0, 0.05) is 47.2 Å². The number of alkyl carbamates (subject to hydrolysis) is 1. The van der Waals surface area contributed by atoms with E-state index in [4.69, 9.17) is 9.72 Å². The van der Waals surface area contributed by atoms with Gasteiger partial charge >= 0.3 is 11.8 Å². The zero-order valence-corrected chi connectivity index (χ0v) is 30.4. The largest absolute Gasteiger partial charge is 0.453 e. The minimum Gasteiger partial charge on any atom is -0.453 e. The Balaban J connectivity index is 1.53. The average molecular weight is 732 g/mol. The molecule has 8 rings (SSSR count). The predicted octanol–water partition coefficient (Wildman–Crippen LogP) is 6.45. The Morgan fingerprint density at radius 1 is 0.981 bits per heavy atom. The summed E-state index contributed by atoms with van der Waals surface area (Å²) < 4.78 is 41.2. The van der Waals surface area contributed by atoms with E-state index in [0.29, 0.717) is 63.6 Å². The van der Waals surface area contributed by atoms with Crippen molar-refractivity contribution in [2.75, 3.05) is 7.11 Å². The van der Waals surface area contributed by atoms with Crippen LogP contribution in [-0.4, -0.2) is 61.8 Å². The van der Waals surface area contributed by atoms with Gasteiger partial charge in [0.1, 0.15) is 6.29 Å². The fraction of sp³-hybridized carbons (Fsp3) is 0.256. The molecule has 53 heavy (non-hydrogen) atoms. The molecular formula is C39H37N7O6S. The average Bonchev–Trinajstić information content (AvgIpc) is 3.94. The van der Waals surface area contributed by atoms with Crippen molar-refractivity contribution < 1.29 is 22.7 Å². The summed E-state index contributed by atoms with van der Waals surface area (Å²) >= 11 is 0. The van der Waals surface area contributed by atoms with Gasteiger partial charge in [-0.15, -0.1) is 0 Å². The molecule has 7 aromatic rings. The number of aryl methyl sites for hydroxylation is 1. The smallest absolute Gasteiger partial charge is 0.407 e. The van der Waals surface area contributed by atoms with Gasteiger partial charge in [-0.3, -0.25) is 18.6 Å². The number of rotatable bonds is 8. The summed E-state index contributed by atoms with van der Waals surface area (Å²) in [6.07, 6.45) is 5.21. The van der Waals surface area contributed by atoms with E-state index < -0.39 is 16.1 Å². The molecule has 0 bridgehead atoms. The molecule has 1 aliphatic carbocycles. The molecular weight excluding hydrogens is 695 g/mol. The van der Waals surface area contributed by atoms with Crippen molar-refractivity contribution in [3.8, 4) is 22.4 Å². The van der Waals surface area contributed by atoms with E-state index in [0.717, 1.165) is 17.2 Å². The molecule has 0 radical (unpaired) electrons. The van der Waals surface area contributed by atoms with Crippen LogP contribution in [0.15, 0.2) is 94.9 Å². The van der Waals surface area contributed by atoms with Crippen molar-refractivity contribution >= 4 is 55.4 Å². The van der Waals surface area contributed by atoms with E-state index in [1.165, 1.54) is 27.8 Å². The number of aldehydes is 1. The number of amides is 1. The van der Waals surface area contributed by atoms with E-state index in [1.54, 1.807) is 66.5 Å². The van der Waals surface area contributed by atoms with Gasteiger partial charge < -0.3 is 10.1 Å². The van der Waals surface area contributed by atoms with Crippen molar-refractivity contribution in [2.45, 2.75) is 56.1 Å². The summed E-state index contributed by atoms with van der Waals surface area (Å²) in [5, 5.41) is 8.83. The van der Waals surface area contributed by atoms with Crippen molar-refractivity contribution in [3.63, 3.8) is 0 Å². The molecule has 1 N–H and O–H groups in total. The van der Waals surface area contributed by atoms with Crippen LogP contribution in [0.1, 0.15) is 55.6 Å². The number of ether oxygens (including phenoxy) is 1. The predicted molar refractivity (Wildman–Crippen MR) is 202 cm³/mol. The number of aromatic nitrogens is 6. The maximum absolute atomic E-state index is 15.0. The summed E-state index contributed by atoms with van der Waals surface area (Å²) in [7, 11) is -1.32. The second kappa shape index (κ2) is 12.9. The summed E-state index contributed by atoms with van der Waals surface area (Å²) in [5.74, 6) is 0. The molecule has 1 aliphatic rings. The molecule has 14 heteroatoms. The third kappa shape index (κ3) is 5.43. The van der Waals surface area contributed by atoms with Gasteiger partial charge in [0.05, 0.1) is 52.0 Å². The first-order valence-corrected chi connectivity index (χ1v) is 18.8. The van der Waals surface area contributed by atoms with Gasteiger partial charge in [-0.05, 0) is 62.9 Å². The fourth-order valence-electron chi connectivity index (χ4n) is 7.74. The molecule has 270 valence electrons. The standard InChI is InChI=1S/C39H37N7O6S/c1-23(2)45-31-17-14-26(18-27(31)20-41-45)33-34-36-32(43(3)39(49)44(36)29-16-15-28(19-29)42-38(48)52-4)21-40-37(34)46(53(50,51)30-8-6-5-7-9-30)35(33)25-12-10-24(22-47)11-13-25/h5-14,17-18,20-23,28-29H,15-16,19H2,1-4H3,(H,42,48)/t28-,29-/m1/s1. The zero-order chi connectivity index (χ0) is 37.2. The Hall–Kier alpha value is -6.02. The van der Waals surface area contributed by atoms with Gasteiger partial charge in [0.25, 0.3) is 10.0 Å². The molecule has 0 spiro atoms. The van der Waals surface area contributed by atoms with Crippen molar-refractivity contribution in [1.82, 2.24) is 33.2 Å². The maximum Gasteiger partial charge on any atom is 0.407 e. The highest BCUT2D eigenvalue weighted by Gasteiger charge is 2.35. The van der Waals surface area contributed by atoms with Crippen LogP contribution in [0.2, 0.25) is 0 Å². The van der Waals surface area contributed by atoms with E-state index in [2.05, 4.69) is 24.3 Å². The number of pyridine rings is 1.